The molecule has 2 aromatic carbocycles. The minimum Gasteiger partial charge on any atom is -0.350 e. The van der Waals surface area contributed by atoms with Gasteiger partial charge in [-0.3, -0.25) is 9.59 Å². The molecule has 0 saturated carbocycles. The summed E-state index contributed by atoms with van der Waals surface area (Å²) in [6.07, 6.45) is 1.49. The molecule has 2 amide bonds. The van der Waals surface area contributed by atoms with Gasteiger partial charge in [-0.15, -0.1) is 0 Å². The summed E-state index contributed by atoms with van der Waals surface area (Å²) >= 11 is 0. The number of para-hydroxylation sites is 1. The van der Waals surface area contributed by atoms with Crippen molar-refractivity contribution in [1.29, 1.82) is 0 Å². The molecule has 0 spiro atoms. The van der Waals surface area contributed by atoms with Crippen LogP contribution in [0, 0.1) is 11.7 Å². The van der Waals surface area contributed by atoms with E-state index in [9.17, 15) is 22.4 Å². The molecule has 7 nitrogen and oxygen atoms in total. The van der Waals surface area contributed by atoms with E-state index in [0.29, 0.717) is 24.1 Å². The van der Waals surface area contributed by atoms with Gasteiger partial charge in [-0.1, -0.05) is 37.3 Å². The Morgan fingerprint density at radius 3 is 2.39 bits per heavy atom. The molecule has 9 heteroatoms. The van der Waals surface area contributed by atoms with E-state index in [-0.39, 0.29) is 42.4 Å². The highest BCUT2D eigenvalue weighted by Gasteiger charge is 2.32. The first-order valence-corrected chi connectivity index (χ1v) is 12.7. The molecule has 1 fully saturated rings. The predicted octanol–water partition coefficient (Wildman–Crippen LogP) is 3.53. The highest BCUT2D eigenvalue weighted by molar-refractivity contribution is 7.88. The van der Waals surface area contributed by atoms with Crippen molar-refractivity contribution < 1.29 is 22.4 Å². The number of hydrogen-bond acceptors (Lipinski definition) is 4. The quantitative estimate of drug-likeness (QED) is 0.611. The second-order valence-electron chi connectivity index (χ2n) is 8.34. The topological polar surface area (TPSA) is 95.6 Å². The van der Waals surface area contributed by atoms with Gasteiger partial charge in [-0.2, -0.15) is 0 Å². The minimum atomic E-state index is -3.69. The summed E-state index contributed by atoms with van der Waals surface area (Å²) in [4.78, 5) is 25.4. The monoisotopic (exact) mass is 475 g/mol. The molecule has 0 aromatic heterocycles. The Balaban J connectivity index is 1.60. The number of hydrogen-bond donors (Lipinski definition) is 2. The van der Waals surface area contributed by atoms with Crippen LogP contribution in [0.2, 0.25) is 0 Å². The Labute approximate surface area is 194 Å². The zero-order valence-corrected chi connectivity index (χ0v) is 19.7. The van der Waals surface area contributed by atoms with Gasteiger partial charge in [0.15, 0.2) is 0 Å². The first kappa shape index (κ1) is 24.9. The summed E-state index contributed by atoms with van der Waals surface area (Å²) in [6, 6.07) is 12.6. The molecule has 3 rings (SSSR count). The van der Waals surface area contributed by atoms with Crippen LogP contribution in [0.15, 0.2) is 48.5 Å². The van der Waals surface area contributed by atoms with Crippen molar-refractivity contribution >= 4 is 27.5 Å². The van der Waals surface area contributed by atoms with Crippen LogP contribution in [0.25, 0.3) is 0 Å². The van der Waals surface area contributed by atoms with Gasteiger partial charge >= 0.3 is 0 Å². The van der Waals surface area contributed by atoms with Crippen LogP contribution >= 0.6 is 0 Å². The van der Waals surface area contributed by atoms with Gasteiger partial charge in [-0.25, -0.2) is 17.1 Å². The highest BCUT2D eigenvalue weighted by Crippen LogP contribution is 2.24. The summed E-state index contributed by atoms with van der Waals surface area (Å²) in [7, 11) is -3.69. The lowest BCUT2D eigenvalue weighted by Crippen LogP contribution is -2.42. The molecular formula is C24H30FN3O4S. The molecular weight excluding hydrogens is 445 g/mol. The SMILES string of the molecule is CC[C@H](C)NC(=O)c1ccccc1NC(=O)C1CCN(S(=O)(=O)Cc2ccccc2F)CC1. The number of nitrogens with one attached hydrogen (secondary N) is 2. The summed E-state index contributed by atoms with van der Waals surface area (Å²) in [5.74, 6) is -1.84. The number of anilines is 1. The fourth-order valence-corrected chi connectivity index (χ4v) is 5.30. The average molecular weight is 476 g/mol. The van der Waals surface area contributed by atoms with Gasteiger partial charge in [0.05, 0.1) is 17.0 Å². The highest BCUT2D eigenvalue weighted by atomic mass is 32.2. The standard InChI is InChI=1S/C24H30FN3O4S/c1-3-17(2)26-24(30)20-9-5-7-11-22(20)27-23(29)18-12-14-28(15-13-18)33(31,32)16-19-8-4-6-10-21(19)25/h4-11,17-18H,3,12-16H2,1-2H3,(H,26,30)(H,27,29)/t17-/m0/s1. The summed E-state index contributed by atoms with van der Waals surface area (Å²) < 4.78 is 40.6. The predicted molar refractivity (Wildman–Crippen MR) is 126 cm³/mol. The van der Waals surface area contributed by atoms with Gasteiger partial charge in [0, 0.05) is 30.6 Å². The van der Waals surface area contributed by atoms with Crippen molar-refractivity contribution in [2.24, 2.45) is 5.92 Å². The van der Waals surface area contributed by atoms with Crippen LogP contribution < -0.4 is 10.6 Å². The first-order chi connectivity index (χ1) is 15.7. The lowest BCUT2D eigenvalue weighted by atomic mass is 9.97. The number of carbonyl (C=O) groups excluding carboxylic acids is 2. The number of rotatable bonds is 8. The molecule has 1 aliphatic heterocycles. The van der Waals surface area contributed by atoms with Crippen LogP contribution in [0.1, 0.15) is 49.0 Å². The molecule has 0 bridgehead atoms. The number of halogens is 1. The van der Waals surface area contributed by atoms with Gasteiger partial charge < -0.3 is 10.6 Å². The molecule has 2 aromatic rings. The molecule has 178 valence electrons. The smallest absolute Gasteiger partial charge is 0.253 e. The van der Waals surface area contributed by atoms with Gasteiger partial charge in [0.1, 0.15) is 5.82 Å². The number of amides is 2. The normalized spacial score (nSPS) is 16.2. The van der Waals surface area contributed by atoms with E-state index >= 15 is 0 Å². The van der Waals surface area contributed by atoms with E-state index in [1.165, 1.54) is 22.5 Å². The Hall–Kier alpha value is -2.78. The maximum atomic E-state index is 13.9. The second-order valence-corrected chi connectivity index (χ2v) is 10.3. The fourth-order valence-electron chi connectivity index (χ4n) is 3.73. The van der Waals surface area contributed by atoms with Crippen molar-refractivity contribution in [3.63, 3.8) is 0 Å². The van der Waals surface area contributed by atoms with Crippen LogP contribution in [0.4, 0.5) is 10.1 Å². The van der Waals surface area contributed by atoms with Crippen molar-refractivity contribution in [2.45, 2.75) is 44.9 Å². The van der Waals surface area contributed by atoms with Gasteiger partial charge in [0.2, 0.25) is 15.9 Å². The van der Waals surface area contributed by atoms with E-state index in [0.717, 1.165) is 6.42 Å². The maximum absolute atomic E-state index is 13.9. The third-order valence-corrected chi connectivity index (χ3v) is 7.76. The maximum Gasteiger partial charge on any atom is 0.253 e. The van der Waals surface area contributed by atoms with E-state index in [1.54, 1.807) is 30.3 Å². The number of benzene rings is 2. The average Bonchev–Trinajstić information content (AvgIpc) is 2.80. The van der Waals surface area contributed by atoms with E-state index in [2.05, 4.69) is 10.6 Å². The fraction of sp³-hybridized carbons (Fsp3) is 0.417. The number of sulfonamides is 1. The molecule has 0 radical (unpaired) electrons. The largest absolute Gasteiger partial charge is 0.350 e. The Kier molecular flexibility index (Phi) is 8.20. The van der Waals surface area contributed by atoms with E-state index in [4.69, 9.17) is 0 Å². The third-order valence-electron chi connectivity index (χ3n) is 5.93. The van der Waals surface area contributed by atoms with Crippen LogP contribution in [-0.4, -0.2) is 43.7 Å². The Morgan fingerprint density at radius 2 is 1.73 bits per heavy atom. The van der Waals surface area contributed by atoms with Crippen LogP contribution in [0.5, 0.6) is 0 Å². The number of carbonyl (C=O) groups is 2. The molecule has 1 saturated heterocycles. The third kappa shape index (κ3) is 6.39. The lowest BCUT2D eigenvalue weighted by molar-refractivity contribution is -0.120. The molecule has 1 atom stereocenters. The zero-order valence-electron chi connectivity index (χ0n) is 18.9. The Morgan fingerprint density at radius 1 is 1.09 bits per heavy atom. The number of nitrogens with zero attached hydrogens (tertiary/aromatic N) is 1. The Bertz CT molecular complexity index is 1100. The number of piperidine rings is 1. The van der Waals surface area contributed by atoms with Crippen LogP contribution in [0.3, 0.4) is 0 Å². The molecule has 1 aliphatic rings. The van der Waals surface area contributed by atoms with E-state index < -0.39 is 21.6 Å². The summed E-state index contributed by atoms with van der Waals surface area (Å²) in [5, 5.41) is 5.73. The second kappa shape index (κ2) is 10.9. The molecule has 0 aliphatic carbocycles. The van der Waals surface area contributed by atoms with Gasteiger partial charge in [0.25, 0.3) is 5.91 Å². The van der Waals surface area contributed by atoms with Crippen molar-refractivity contribution in [2.75, 3.05) is 18.4 Å². The zero-order chi connectivity index (χ0) is 24.0. The van der Waals surface area contributed by atoms with Gasteiger partial charge in [-0.05, 0) is 44.4 Å². The summed E-state index contributed by atoms with van der Waals surface area (Å²) in [5.41, 5.74) is 0.943. The molecule has 0 unspecified atom stereocenters. The first-order valence-electron chi connectivity index (χ1n) is 11.1. The van der Waals surface area contributed by atoms with Crippen LogP contribution in [-0.2, 0) is 20.6 Å². The van der Waals surface area contributed by atoms with Crippen molar-refractivity contribution in [3.05, 3.63) is 65.5 Å². The van der Waals surface area contributed by atoms with Crippen molar-refractivity contribution in [1.82, 2.24) is 9.62 Å². The van der Waals surface area contributed by atoms with E-state index in [1.807, 2.05) is 13.8 Å². The summed E-state index contributed by atoms with van der Waals surface area (Å²) in [6.45, 7) is 4.25. The lowest BCUT2D eigenvalue weighted by Gasteiger charge is -2.30. The molecule has 33 heavy (non-hydrogen) atoms. The minimum absolute atomic E-state index is 0.0110. The van der Waals surface area contributed by atoms with Crippen molar-refractivity contribution in [3.8, 4) is 0 Å². The molecule has 2 N–H and O–H groups in total. The molecule has 1 heterocycles.